The van der Waals surface area contributed by atoms with Gasteiger partial charge in [-0.05, 0) is 50.4 Å². The van der Waals surface area contributed by atoms with Crippen LogP contribution >= 0.6 is 0 Å². The standard InChI is InChI=1S/C29H41NO6Si/c1-21(26(31)34-17-18-37(5,6)7)24-15-13-22(14-16-24)19-25(30-28(33)36-29(2,3)4)27(32)35-20-23-11-9-8-10-12-23/h8-16,21,25H,17-20H2,1-7H3,(H,30,33)/t21?,25-/m0/s1. The molecule has 2 rings (SSSR count). The first-order valence-electron chi connectivity index (χ1n) is 12.7. The number of hydrogen-bond donors (Lipinski definition) is 1. The molecule has 202 valence electrons. The Kier molecular flexibility index (Phi) is 10.9. The number of benzene rings is 2. The Morgan fingerprint density at radius 2 is 1.49 bits per heavy atom. The summed E-state index contributed by atoms with van der Waals surface area (Å²) >= 11 is 0. The van der Waals surface area contributed by atoms with Gasteiger partial charge in [-0.3, -0.25) is 4.79 Å². The second-order valence-corrected chi connectivity index (χ2v) is 17.1. The molecule has 2 aromatic rings. The van der Waals surface area contributed by atoms with Gasteiger partial charge in [-0.15, -0.1) is 0 Å². The lowest BCUT2D eigenvalue weighted by Gasteiger charge is -2.23. The number of carbonyl (C=O) groups excluding carboxylic acids is 3. The highest BCUT2D eigenvalue weighted by Crippen LogP contribution is 2.20. The van der Waals surface area contributed by atoms with E-state index in [1.54, 1.807) is 20.8 Å². The molecular formula is C29H41NO6Si. The summed E-state index contributed by atoms with van der Waals surface area (Å²) in [6.07, 6.45) is -0.484. The van der Waals surface area contributed by atoms with Gasteiger partial charge in [0.2, 0.25) is 0 Å². The predicted molar refractivity (Wildman–Crippen MR) is 147 cm³/mol. The first-order chi connectivity index (χ1) is 17.2. The molecule has 1 amide bonds. The molecule has 0 aromatic heterocycles. The van der Waals surface area contributed by atoms with Crippen molar-refractivity contribution in [3.63, 3.8) is 0 Å². The zero-order valence-corrected chi connectivity index (χ0v) is 24.1. The number of alkyl carbamates (subject to hydrolysis) is 1. The molecule has 8 heteroatoms. The van der Waals surface area contributed by atoms with Crippen LogP contribution in [-0.2, 0) is 36.8 Å². The lowest BCUT2D eigenvalue weighted by atomic mass is 9.98. The summed E-state index contributed by atoms with van der Waals surface area (Å²) in [4.78, 5) is 37.8. The average molecular weight is 528 g/mol. The summed E-state index contributed by atoms with van der Waals surface area (Å²) in [5.41, 5.74) is 1.78. The van der Waals surface area contributed by atoms with Gasteiger partial charge in [-0.25, -0.2) is 9.59 Å². The topological polar surface area (TPSA) is 90.9 Å². The summed E-state index contributed by atoms with van der Waals surface area (Å²) in [6, 6.07) is 16.7. The normalized spacial score (nSPS) is 13.3. The molecule has 1 unspecified atom stereocenters. The predicted octanol–water partition coefficient (Wildman–Crippen LogP) is 5.85. The molecule has 0 aliphatic heterocycles. The molecule has 7 nitrogen and oxygen atoms in total. The molecular weight excluding hydrogens is 486 g/mol. The van der Waals surface area contributed by atoms with Gasteiger partial charge in [0.1, 0.15) is 18.2 Å². The van der Waals surface area contributed by atoms with E-state index in [9.17, 15) is 14.4 Å². The van der Waals surface area contributed by atoms with Crippen molar-refractivity contribution < 1.29 is 28.6 Å². The third-order valence-corrected chi connectivity index (χ3v) is 7.27. The van der Waals surface area contributed by atoms with Crippen molar-refractivity contribution in [3.05, 3.63) is 71.3 Å². The van der Waals surface area contributed by atoms with Crippen molar-refractivity contribution in [1.82, 2.24) is 5.32 Å². The van der Waals surface area contributed by atoms with Crippen LogP contribution in [0.5, 0.6) is 0 Å². The van der Waals surface area contributed by atoms with E-state index in [2.05, 4.69) is 25.0 Å². The van der Waals surface area contributed by atoms with E-state index in [0.717, 1.165) is 22.7 Å². The minimum Gasteiger partial charge on any atom is -0.466 e. The van der Waals surface area contributed by atoms with Gasteiger partial charge in [0.25, 0.3) is 0 Å². The molecule has 0 bridgehead atoms. The smallest absolute Gasteiger partial charge is 0.408 e. The van der Waals surface area contributed by atoms with E-state index < -0.39 is 37.7 Å². The zero-order valence-electron chi connectivity index (χ0n) is 23.1. The molecule has 2 atom stereocenters. The molecule has 2 aromatic carbocycles. The van der Waals surface area contributed by atoms with Crippen LogP contribution < -0.4 is 5.32 Å². The highest BCUT2D eigenvalue weighted by Gasteiger charge is 2.26. The van der Waals surface area contributed by atoms with E-state index in [1.165, 1.54) is 0 Å². The highest BCUT2D eigenvalue weighted by molar-refractivity contribution is 6.76. The number of hydrogen-bond acceptors (Lipinski definition) is 6. The Labute approximate surface area is 221 Å². The maximum Gasteiger partial charge on any atom is 0.408 e. The number of nitrogens with one attached hydrogen (secondary N) is 1. The highest BCUT2D eigenvalue weighted by atomic mass is 28.3. The van der Waals surface area contributed by atoms with Crippen LogP contribution in [-0.4, -0.2) is 44.4 Å². The SMILES string of the molecule is CC(C(=O)OCC[Si](C)(C)C)c1ccc(C[C@H](NC(=O)OC(C)(C)C)C(=O)OCc2ccccc2)cc1. The Bertz CT molecular complexity index is 1030. The molecule has 0 saturated carbocycles. The van der Waals surface area contributed by atoms with Crippen molar-refractivity contribution in [2.45, 2.75) is 84.0 Å². The van der Waals surface area contributed by atoms with Gasteiger partial charge >= 0.3 is 18.0 Å². The van der Waals surface area contributed by atoms with Gasteiger partial charge < -0.3 is 19.5 Å². The Morgan fingerprint density at radius 3 is 2.05 bits per heavy atom. The molecule has 0 aliphatic rings. The number of esters is 2. The number of ether oxygens (including phenoxy) is 3. The summed E-state index contributed by atoms with van der Waals surface area (Å²) in [6.45, 7) is 14.4. The fraction of sp³-hybridized carbons (Fsp3) is 0.483. The number of amides is 1. The molecule has 1 N–H and O–H groups in total. The van der Waals surface area contributed by atoms with Gasteiger partial charge in [0.15, 0.2) is 0 Å². The van der Waals surface area contributed by atoms with Crippen molar-refractivity contribution >= 4 is 26.1 Å². The van der Waals surface area contributed by atoms with Crippen LogP contribution in [0.2, 0.25) is 25.7 Å². The fourth-order valence-corrected chi connectivity index (χ4v) is 4.08. The van der Waals surface area contributed by atoms with Crippen LogP contribution in [0.4, 0.5) is 4.79 Å². The van der Waals surface area contributed by atoms with Crippen LogP contribution in [0.15, 0.2) is 54.6 Å². The van der Waals surface area contributed by atoms with Crippen molar-refractivity contribution in [1.29, 1.82) is 0 Å². The molecule has 0 aliphatic carbocycles. The third kappa shape index (κ3) is 11.6. The summed E-state index contributed by atoms with van der Waals surface area (Å²) in [7, 11) is -1.28. The molecule has 0 saturated heterocycles. The Hall–Kier alpha value is -3.13. The molecule has 0 radical (unpaired) electrons. The van der Waals surface area contributed by atoms with Crippen LogP contribution in [0.3, 0.4) is 0 Å². The minimum absolute atomic E-state index is 0.0996. The first-order valence-corrected chi connectivity index (χ1v) is 16.4. The minimum atomic E-state index is -1.28. The van der Waals surface area contributed by atoms with Crippen molar-refractivity contribution in [3.8, 4) is 0 Å². The average Bonchev–Trinajstić information content (AvgIpc) is 2.80. The largest absolute Gasteiger partial charge is 0.466 e. The van der Waals surface area contributed by atoms with Crippen molar-refractivity contribution in [2.75, 3.05) is 6.61 Å². The second kappa shape index (κ2) is 13.4. The fourth-order valence-electron chi connectivity index (χ4n) is 3.37. The maximum atomic E-state index is 12.9. The summed E-state index contributed by atoms with van der Waals surface area (Å²) in [5, 5.41) is 2.64. The molecule has 0 fully saturated rings. The third-order valence-electron chi connectivity index (χ3n) is 5.57. The van der Waals surface area contributed by atoms with Crippen LogP contribution in [0.25, 0.3) is 0 Å². The van der Waals surface area contributed by atoms with E-state index in [4.69, 9.17) is 14.2 Å². The second-order valence-electron chi connectivity index (χ2n) is 11.4. The van der Waals surface area contributed by atoms with Gasteiger partial charge in [-0.1, -0.05) is 74.2 Å². The number of carbonyl (C=O) groups is 3. The van der Waals surface area contributed by atoms with Gasteiger partial charge in [0.05, 0.1) is 12.5 Å². The van der Waals surface area contributed by atoms with E-state index in [-0.39, 0.29) is 19.0 Å². The number of rotatable bonds is 11. The lowest BCUT2D eigenvalue weighted by molar-refractivity contribution is -0.147. The summed E-state index contributed by atoms with van der Waals surface area (Å²) in [5.74, 6) is -1.21. The van der Waals surface area contributed by atoms with Gasteiger partial charge in [0, 0.05) is 14.5 Å². The van der Waals surface area contributed by atoms with Gasteiger partial charge in [-0.2, -0.15) is 0 Å². The molecule has 0 spiro atoms. The molecule has 0 heterocycles. The summed E-state index contributed by atoms with van der Waals surface area (Å²) < 4.78 is 16.3. The van der Waals surface area contributed by atoms with Crippen LogP contribution in [0, 0.1) is 0 Å². The maximum absolute atomic E-state index is 12.9. The van der Waals surface area contributed by atoms with Crippen molar-refractivity contribution in [2.24, 2.45) is 0 Å². The molecule has 37 heavy (non-hydrogen) atoms. The van der Waals surface area contributed by atoms with E-state index in [0.29, 0.717) is 6.61 Å². The zero-order chi connectivity index (χ0) is 27.6. The van der Waals surface area contributed by atoms with E-state index in [1.807, 2.05) is 61.5 Å². The quantitative estimate of drug-likeness (QED) is 0.224. The Morgan fingerprint density at radius 1 is 0.865 bits per heavy atom. The van der Waals surface area contributed by atoms with E-state index >= 15 is 0 Å². The lowest BCUT2D eigenvalue weighted by Crippen LogP contribution is -2.45. The Balaban J connectivity index is 2.05. The first kappa shape index (κ1) is 30.1. The monoisotopic (exact) mass is 527 g/mol. The van der Waals surface area contributed by atoms with Crippen LogP contribution in [0.1, 0.15) is 50.3 Å².